The summed E-state index contributed by atoms with van der Waals surface area (Å²) in [5.74, 6) is -0.339. The van der Waals surface area contributed by atoms with Crippen molar-refractivity contribution in [2.45, 2.75) is 13.3 Å². The summed E-state index contributed by atoms with van der Waals surface area (Å²) in [7, 11) is 1.33. The van der Waals surface area contributed by atoms with Crippen LogP contribution in [-0.2, 0) is 9.53 Å². The predicted octanol–water partition coefficient (Wildman–Crippen LogP) is 0.488. The summed E-state index contributed by atoms with van der Waals surface area (Å²) in [6.07, 6.45) is 2.15. The van der Waals surface area contributed by atoms with Gasteiger partial charge in [0.1, 0.15) is 0 Å². The molecule has 0 saturated heterocycles. The Hall–Kier alpha value is -0.830. The fraction of sp³-hybridized carbons (Fsp3) is 0.571. The molecule has 0 rings (SSSR count). The molecule has 58 valence electrons. The lowest BCUT2D eigenvalue weighted by Gasteiger charge is -1.96. The number of aliphatic hydroxyl groups is 1. The smallest absolute Gasteiger partial charge is 0.333 e. The molecule has 0 aliphatic rings. The molecule has 1 N–H and O–H groups in total. The molecule has 3 heteroatoms. The van der Waals surface area contributed by atoms with Gasteiger partial charge in [-0.3, -0.25) is 0 Å². The number of ether oxygens (including phenoxy) is 1. The highest BCUT2D eigenvalue weighted by molar-refractivity contribution is 5.87. The van der Waals surface area contributed by atoms with Crippen LogP contribution in [0.25, 0.3) is 0 Å². The number of aliphatic hydroxyl groups excluding tert-OH is 1. The molecule has 3 nitrogen and oxygen atoms in total. The highest BCUT2D eigenvalue weighted by Crippen LogP contribution is 1.96. The third-order valence-corrected chi connectivity index (χ3v) is 1.09. The Labute approximate surface area is 60.3 Å². The molecular weight excluding hydrogens is 132 g/mol. The summed E-state index contributed by atoms with van der Waals surface area (Å²) in [6, 6.07) is 0. The molecule has 0 unspecified atom stereocenters. The Kier molecular flexibility index (Phi) is 4.58. The first-order valence-electron chi connectivity index (χ1n) is 3.08. The summed E-state index contributed by atoms with van der Waals surface area (Å²) in [5, 5.41) is 8.37. The lowest BCUT2D eigenvalue weighted by atomic mass is 10.2. The van der Waals surface area contributed by atoms with Crippen LogP contribution < -0.4 is 0 Å². The molecule has 0 saturated carbocycles. The van der Waals surface area contributed by atoms with Gasteiger partial charge < -0.3 is 9.84 Å². The number of carbonyl (C=O) groups is 1. The van der Waals surface area contributed by atoms with E-state index in [4.69, 9.17) is 5.11 Å². The molecule has 0 spiro atoms. The third-order valence-electron chi connectivity index (χ3n) is 1.09. The summed E-state index contributed by atoms with van der Waals surface area (Å²) >= 11 is 0. The highest BCUT2D eigenvalue weighted by atomic mass is 16.5. The van der Waals surface area contributed by atoms with Crippen LogP contribution in [0.15, 0.2) is 11.6 Å². The minimum Gasteiger partial charge on any atom is -0.466 e. The van der Waals surface area contributed by atoms with Gasteiger partial charge in [-0.05, 0) is 13.3 Å². The van der Waals surface area contributed by atoms with E-state index < -0.39 is 0 Å². The fourth-order valence-electron chi connectivity index (χ4n) is 0.525. The lowest BCUT2D eigenvalue weighted by Crippen LogP contribution is -2.01. The molecule has 0 aromatic heterocycles. The van der Waals surface area contributed by atoms with Gasteiger partial charge in [-0.25, -0.2) is 4.79 Å². The second kappa shape index (κ2) is 4.99. The molecule has 0 bridgehead atoms. The fourth-order valence-corrected chi connectivity index (χ4v) is 0.525. The van der Waals surface area contributed by atoms with Crippen LogP contribution in [-0.4, -0.2) is 24.8 Å². The van der Waals surface area contributed by atoms with E-state index in [9.17, 15) is 4.79 Å². The van der Waals surface area contributed by atoms with Crippen LogP contribution in [0.5, 0.6) is 0 Å². The van der Waals surface area contributed by atoms with Crippen molar-refractivity contribution in [3.05, 3.63) is 11.6 Å². The minimum atomic E-state index is -0.339. The Morgan fingerprint density at radius 2 is 2.30 bits per heavy atom. The molecule has 0 aromatic carbocycles. The number of esters is 1. The standard InChI is InChI=1S/C7H12O3/c1-6(4-3-5-8)7(9)10-2/h4,8H,3,5H2,1-2H3. The summed E-state index contributed by atoms with van der Waals surface area (Å²) < 4.78 is 4.42. The summed E-state index contributed by atoms with van der Waals surface area (Å²) in [5.41, 5.74) is 0.538. The number of hydrogen-bond donors (Lipinski definition) is 1. The largest absolute Gasteiger partial charge is 0.466 e. The first-order valence-corrected chi connectivity index (χ1v) is 3.08. The van der Waals surface area contributed by atoms with Crippen molar-refractivity contribution in [2.75, 3.05) is 13.7 Å². The van der Waals surface area contributed by atoms with E-state index in [0.717, 1.165) is 0 Å². The highest BCUT2D eigenvalue weighted by Gasteiger charge is 2.00. The lowest BCUT2D eigenvalue weighted by molar-refractivity contribution is -0.136. The second-order valence-electron chi connectivity index (χ2n) is 1.89. The number of methoxy groups -OCH3 is 1. The average Bonchev–Trinajstić information content (AvgIpc) is 1.98. The second-order valence-corrected chi connectivity index (χ2v) is 1.89. The maximum atomic E-state index is 10.6. The van der Waals surface area contributed by atoms with Gasteiger partial charge in [0.2, 0.25) is 0 Å². The molecule has 0 radical (unpaired) electrons. The van der Waals surface area contributed by atoms with E-state index in [1.54, 1.807) is 13.0 Å². The first-order chi connectivity index (χ1) is 4.72. The van der Waals surface area contributed by atoms with Gasteiger partial charge in [-0.1, -0.05) is 6.08 Å². The van der Waals surface area contributed by atoms with Crippen LogP contribution >= 0.6 is 0 Å². The molecule has 0 atom stereocenters. The third kappa shape index (κ3) is 3.25. The van der Waals surface area contributed by atoms with Crippen molar-refractivity contribution in [3.63, 3.8) is 0 Å². The SMILES string of the molecule is COC(=O)C(C)=CCCO. The van der Waals surface area contributed by atoms with Crippen molar-refractivity contribution < 1.29 is 14.6 Å². The monoisotopic (exact) mass is 144 g/mol. The van der Waals surface area contributed by atoms with E-state index in [1.807, 2.05) is 0 Å². The molecule has 0 aliphatic heterocycles. The topological polar surface area (TPSA) is 46.5 Å². The van der Waals surface area contributed by atoms with Crippen LogP contribution in [0, 0.1) is 0 Å². The van der Waals surface area contributed by atoms with E-state index in [1.165, 1.54) is 7.11 Å². The van der Waals surface area contributed by atoms with E-state index in [-0.39, 0.29) is 12.6 Å². The Morgan fingerprint density at radius 3 is 2.70 bits per heavy atom. The molecule has 0 aliphatic carbocycles. The molecule has 10 heavy (non-hydrogen) atoms. The molecule has 0 amide bonds. The zero-order valence-electron chi connectivity index (χ0n) is 6.26. The van der Waals surface area contributed by atoms with Gasteiger partial charge in [0.25, 0.3) is 0 Å². The average molecular weight is 144 g/mol. The molecular formula is C7H12O3. The van der Waals surface area contributed by atoms with Crippen molar-refractivity contribution in [2.24, 2.45) is 0 Å². The first kappa shape index (κ1) is 9.17. The van der Waals surface area contributed by atoms with Crippen LogP contribution in [0.2, 0.25) is 0 Å². The van der Waals surface area contributed by atoms with Crippen LogP contribution in [0.1, 0.15) is 13.3 Å². The molecule has 0 fully saturated rings. The normalized spacial score (nSPS) is 11.3. The van der Waals surface area contributed by atoms with Gasteiger partial charge >= 0.3 is 5.97 Å². The van der Waals surface area contributed by atoms with Crippen molar-refractivity contribution >= 4 is 5.97 Å². The van der Waals surface area contributed by atoms with Gasteiger partial charge in [0, 0.05) is 12.2 Å². The van der Waals surface area contributed by atoms with E-state index in [0.29, 0.717) is 12.0 Å². The van der Waals surface area contributed by atoms with E-state index in [2.05, 4.69) is 4.74 Å². The summed E-state index contributed by atoms with van der Waals surface area (Å²) in [4.78, 5) is 10.6. The number of carbonyl (C=O) groups excluding carboxylic acids is 1. The van der Waals surface area contributed by atoms with Gasteiger partial charge in [-0.2, -0.15) is 0 Å². The van der Waals surface area contributed by atoms with Crippen molar-refractivity contribution in [1.29, 1.82) is 0 Å². The van der Waals surface area contributed by atoms with Crippen molar-refractivity contribution in [1.82, 2.24) is 0 Å². The number of rotatable bonds is 3. The van der Waals surface area contributed by atoms with Crippen molar-refractivity contribution in [3.8, 4) is 0 Å². The quantitative estimate of drug-likeness (QED) is 0.463. The zero-order chi connectivity index (χ0) is 7.98. The Morgan fingerprint density at radius 1 is 1.70 bits per heavy atom. The maximum Gasteiger partial charge on any atom is 0.333 e. The zero-order valence-corrected chi connectivity index (χ0v) is 6.26. The number of hydrogen-bond acceptors (Lipinski definition) is 3. The predicted molar refractivity (Wildman–Crippen MR) is 37.5 cm³/mol. The van der Waals surface area contributed by atoms with Crippen LogP contribution in [0.3, 0.4) is 0 Å². The van der Waals surface area contributed by atoms with E-state index >= 15 is 0 Å². The minimum absolute atomic E-state index is 0.0638. The van der Waals surface area contributed by atoms with Gasteiger partial charge in [0.15, 0.2) is 0 Å². The Balaban J connectivity index is 3.80. The van der Waals surface area contributed by atoms with Gasteiger partial charge in [0.05, 0.1) is 7.11 Å². The van der Waals surface area contributed by atoms with Gasteiger partial charge in [-0.15, -0.1) is 0 Å². The van der Waals surface area contributed by atoms with Crippen LogP contribution in [0.4, 0.5) is 0 Å². The molecule has 0 aromatic rings. The summed E-state index contributed by atoms with van der Waals surface area (Å²) in [6.45, 7) is 1.72. The Bertz CT molecular complexity index is 138. The molecule has 0 heterocycles. The maximum absolute atomic E-state index is 10.6.